The zero-order valence-electron chi connectivity index (χ0n) is 20.6. The molecule has 218 valence electrons. The maximum Gasteiger partial charge on any atom is 0.435 e. The van der Waals surface area contributed by atoms with Crippen molar-refractivity contribution in [2.45, 2.75) is 43.2 Å². The summed E-state index contributed by atoms with van der Waals surface area (Å²) in [6.07, 6.45) is -12.4. The fourth-order valence-corrected chi connectivity index (χ4v) is 4.76. The highest BCUT2D eigenvalue weighted by Crippen LogP contribution is 2.50. The van der Waals surface area contributed by atoms with E-state index in [9.17, 15) is 45.0 Å². The smallest absolute Gasteiger partial charge is 0.376 e. The second-order valence-corrected chi connectivity index (χ2v) is 10.2. The highest BCUT2D eigenvalue weighted by atomic mass is 35.5. The predicted molar refractivity (Wildman–Crippen MR) is 127 cm³/mol. The van der Waals surface area contributed by atoms with Gasteiger partial charge in [0, 0.05) is 35.7 Å². The largest absolute Gasteiger partial charge is 0.435 e. The summed E-state index contributed by atoms with van der Waals surface area (Å²) in [5, 5.41) is 15.5. The molecule has 2 atom stereocenters. The van der Waals surface area contributed by atoms with Crippen molar-refractivity contribution in [3.63, 3.8) is 0 Å². The van der Waals surface area contributed by atoms with E-state index in [1.54, 1.807) is 0 Å². The molecule has 2 N–H and O–H groups in total. The number of amides is 1. The van der Waals surface area contributed by atoms with Gasteiger partial charge in [0.15, 0.2) is 5.67 Å². The van der Waals surface area contributed by atoms with E-state index in [0.717, 1.165) is 6.07 Å². The van der Waals surface area contributed by atoms with Crippen LogP contribution in [0, 0.1) is 6.92 Å². The van der Waals surface area contributed by atoms with Gasteiger partial charge in [0.05, 0.1) is 17.8 Å². The molecular weight excluding hydrogens is 578 g/mol. The van der Waals surface area contributed by atoms with Crippen molar-refractivity contribution in [2.24, 2.45) is 5.16 Å². The molecule has 4 rings (SSSR count). The normalized spacial score (nSPS) is 21.8. The summed E-state index contributed by atoms with van der Waals surface area (Å²) < 4.78 is 109. The lowest BCUT2D eigenvalue weighted by Crippen LogP contribution is -2.65. The summed E-state index contributed by atoms with van der Waals surface area (Å²) in [5.41, 5.74) is -7.19. The van der Waals surface area contributed by atoms with E-state index in [2.05, 4.69) is 10.5 Å². The van der Waals surface area contributed by atoms with Gasteiger partial charge < -0.3 is 15.3 Å². The Balaban J connectivity index is 1.50. The molecule has 0 spiro atoms. The van der Waals surface area contributed by atoms with Crippen LogP contribution in [0.25, 0.3) is 0 Å². The van der Waals surface area contributed by atoms with E-state index in [1.807, 2.05) is 0 Å². The molecule has 0 radical (unpaired) electrons. The first kappa shape index (κ1) is 30.0. The maximum absolute atomic E-state index is 14.3. The highest BCUT2D eigenvalue weighted by molar-refractivity contribution is 6.30. The summed E-state index contributed by atoms with van der Waals surface area (Å²) in [6.45, 7) is -0.656. The number of aliphatic hydroxyl groups excluding tert-OH is 1. The van der Waals surface area contributed by atoms with Crippen LogP contribution in [-0.4, -0.2) is 66.0 Å². The van der Waals surface area contributed by atoms with E-state index >= 15 is 0 Å². The SMILES string of the molecule is Cc1cc(C2=NOC(c3cc(Cl)cc(C(F)(F)F)c3)(C(F)(F)F)C2)ccc1C(=O)NCC(O)N1CC(F)(CF)C1. The minimum absolute atomic E-state index is 0.106. The van der Waals surface area contributed by atoms with Crippen LogP contribution < -0.4 is 5.32 Å². The summed E-state index contributed by atoms with van der Waals surface area (Å²) in [7, 11) is 0. The molecule has 2 heterocycles. The zero-order chi connectivity index (χ0) is 29.7. The summed E-state index contributed by atoms with van der Waals surface area (Å²) in [5.74, 6) is -0.645. The number of aryl methyl sites for hydroxylation is 1. The third-order valence-corrected chi connectivity index (χ3v) is 6.98. The van der Waals surface area contributed by atoms with E-state index in [-0.39, 0.29) is 36.5 Å². The maximum atomic E-state index is 14.3. The molecule has 2 unspecified atom stereocenters. The van der Waals surface area contributed by atoms with Gasteiger partial charge in [-0.3, -0.25) is 9.69 Å². The highest BCUT2D eigenvalue weighted by Gasteiger charge is 2.62. The van der Waals surface area contributed by atoms with Crippen molar-refractivity contribution in [3.05, 3.63) is 69.2 Å². The summed E-state index contributed by atoms with van der Waals surface area (Å²) in [4.78, 5) is 18.6. The van der Waals surface area contributed by atoms with Crippen molar-refractivity contribution >= 4 is 23.2 Å². The van der Waals surface area contributed by atoms with Crippen molar-refractivity contribution in [1.29, 1.82) is 0 Å². The third kappa shape index (κ3) is 5.75. The molecule has 2 aliphatic rings. The lowest BCUT2D eigenvalue weighted by atomic mass is 9.85. The van der Waals surface area contributed by atoms with Crippen LogP contribution in [0.2, 0.25) is 5.02 Å². The molecule has 6 nitrogen and oxygen atoms in total. The van der Waals surface area contributed by atoms with Crippen LogP contribution in [0.5, 0.6) is 0 Å². The first-order valence-corrected chi connectivity index (χ1v) is 12.1. The number of nitrogens with zero attached hydrogens (tertiary/aromatic N) is 2. The van der Waals surface area contributed by atoms with E-state index in [1.165, 1.54) is 30.0 Å². The molecule has 15 heteroatoms. The van der Waals surface area contributed by atoms with Crippen molar-refractivity contribution in [3.8, 4) is 0 Å². The Morgan fingerprint density at radius 3 is 2.42 bits per heavy atom. The van der Waals surface area contributed by atoms with Gasteiger partial charge in [-0.05, 0) is 48.4 Å². The second kappa shape index (κ2) is 10.5. The molecule has 40 heavy (non-hydrogen) atoms. The Morgan fingerprint density at radius 1 is 1.18 bits per heavy atom. The van der Waals surface area contributed by atoms with Gasteiger partial charge in [-0.2, -0.15) is 26.3 Å². The molecule has 2 aliphatic heterocycles. The number of benzene rings is 2. The van der Waals surface area contributed by atoms with Gasteiger partial charge in [-0.15, -0.1) is 0 Å². The molecule has 1 amide bonds. The van der Waals surface area contributed by atoms with Gasteiger partial charge in [0.2, 0.25) is 0 Å². The number of nitrogens with one attached hydrogen (secondary N) is 1. The van der Waals surface area contributed by atoms with Crippen molar-refractivity contribution in [1.82, 2.24) is 10.2 Å². The van der Waals surface area contributed by atoms with Gasteiger partial charge in [0.1, 0.15) is 12.9 Å². The predicted octanol–water partition coefficient (Wildman–Crippen LogP) is 5.29. The van der Waals surface area contributed by atoms with Crippen molar-refractivity contribution < 1.29 is 49.9 Å². The van der Waals surface area contributed by atoms with Crippen LogP contribution in [0.4, 0.5) is 35.1 Å². The standard InChI is InChI=1S/C25H22ClF8N3O3/c1-13-4-14(2-3-18(13)21(39)35-9-20(38)37-11-22(28,10-27)12-37)19-8-23(40-36-19,25(32,33)34)15-5-16(24(29,30)31)7-17(26)6-15/h2-7,20,38H,8-12H2,1H3,(H,35,39). The van der Waals surface area contributed by atoms with Crippen LogP contribution in [0.15, 0.2) is 41.6 Å². The molecular formula is C25H22ClF8N3O3. The lowest BCUT2D eigenvalue weighted by molar-refractivity contribution is -0.276. The van der Waals surface area contributed by atoms with Crippen LogP contribution in [0.3, 0.4) is 0 Å². The summed E-state index contributed by atoms with van der Waals surface area (Å²) >= 11 is 5.71. The average molecular weight is 600 g/mol. The Labute approximate surface area is 227 Å². The van der Waals surface area contributed by atoms with E-state index in [0.29, 0.717) is 17.7 Å². The topological polar surface area (TPSA) is 74.2 Å². The fourth-order valence-electron chi connectivity index (χ4n) is 4.53. The fraction of sp³-hybridized carbons (Fsp3) is 0.440. The summed E-state index contributed by atoms with van der Waals surface area (Å²) in [6, 6.07) is 5.49. The van der Waals surface area contributed by atoms with Gasteiger partial charge in [-0.1, -0.05) is 22.8 Å². The number of carbonyl (C=O) groups excluding carboxylic acids is 1. The number of rotatable bonds is 7. The number of hydrogen-bond acceptors (Lipinski definition) is 5. The van der Waals surface area contributed by atoms with Crippen molar-refractivity contribution in [2.75, 3.05) is 26.3 Å². The number of likely N-dealkylation sites (tertiary alicyclic amines) is 1. The Bertz CT molecular complexity index is 1330. The van der Waals surface area contributed by atoms with Crippen LogP contribution in [-0.2, 0) is 16.6 Å². The number of carbonyl (C=O) groups is 1. The van der Waals surface area contributed by atoms with E-state index < -0.39 is 65.0 Å². The quantitative estimate of drug-likeness (QED) is 0.424. The number of halogens is 9. The first-order valence-electron chi connectivity index (χ1n) is 11.7. The minimum atomic E-state index is -5.18. The van der Waals surface area contributed by atoms with Gasteiger partial charge >= 0.3 is 12.4 Å². The Kier molecular flexibility index (Phi) is 7.84. The Hall–Kier alpha value is -2.97. The monoisotopic (exact) mass is 599 g/mol. The molecule has 2 aromatic carbocycles. The third-order valence-electron chi connectivity index (χ3n) is 6.76. The van der Waals surface area contributed by atoms with Crippen LogP contribution in [0.1, 0.15) is 39.0 Å². The molecule has 0 saturated carbocycles. The second-order valence-electron chi connectivity index (χ2n) is 9.77. The first-order chi connectivity index (χ1) is 18.5. The molecule has 1 saturated heterocycles. The Morgan fingerprint density at radius 2 is 1.85 bits per heavy atom. The molecule has 0 bridgehead atoms. The molecule has 1 fully saturated rings. The van der Waals surface area contributed by atoms with Gasteiger partial charge in [0.25, 0.3) is 11.5 Å². The van der Waals surface area contributed by atoms with Crippen LogP contribution >= 0.6 is 11.6 Å². The molecule has 0 aromatic heterocycles. The number of hydrogen-bond donors (Lipinski definition) is 2. The average Bonchev–Trinajstić information content (AvgIpc) is 3.31. The molecule has 0 aliphatic carbocycles. The minimum Gasteiger partial charge on any atom is -0.376 e. The molecule has 2 aromatic rings. The van der Waals surface area contributed by atoms with E-state index in [4.69, 9.17) is 16.4 Å². The number of alkyl halides is 8. The number of aliphatic hydroxyl groups is 1. The zero-order valence-corrected chi connectivity index (χ0v) is 21.4. The number of oxime groups is 1. The lowest BCUT2D eigenvalue weighted by Gasteiger charge is -2.45. The van der Waals surface area contributed by atoms with Gasteiger partial charge in [-0.25, -0.2) is 8.78 Å².